The Labute approximate surface area is 181 Å². The molecule has 0 N–H and O–H groups in total. The van der Waals surface area contributed by atoms with Crippen molar-refractivity contribution in [3.05, 3.63) is 93.4 Å². The minimum absolute atomic E-state index is 0.0834. The van der Waals surface area contributed by atoms with Gasteiger partial charge in [0.1, 0.15) is 17.7 Å². The molecule has 3 aromatic carbocycles. The maximum atomic E-state index is 12.6. The average Bonchev–Trinajstić information content (AvgIpc) is 3.10. The summed E-state index contributed by atoms with van der Waals surface area (Å²) in [6.45, 7) is 0.469. The third-order valence-electron chi connectivity index (χ3n) is 4.47. The maximum Gasteiger partial charge on any atom is 0.238 e. The lowest BCUT2D eigenvalue weighted by molar-refractivity contribution is -0.115. The molecule has 0 aliphatic carbocycles. The van der Waals surface area contributed by atoms with Gasteiger partial charge in [-0.05, 0) is 48.0 Å². The van der Waals surface area contributed by atoms with Gasteiger partial charge in [-0.2, -0.15) is 0 Å². The summed E-state index contributed by atoms with van der Waals surface area (Å²) in [5.74, 6) is 1.31. The monoisotopic (exact) mass is 473 g/mol. The number of hydrogen-bond acceptors (Lipinski definition) is 3. The van der Waals surface area contributed by atoms with E-state index < -0.39 is 0 Å². The summed E-state index contributed by atoms with van der Waals surface area (Å²) >= 11 is 11.1. The molecule has 1 heterocycles. The average molecular weight is 475 g/mol. The van der Waals surface area contributed by atoms with E-state index in [1.807, 2.05) is 65.6 Å². The van der Waals surface area contributed by atoms with Gasteiger partial charge in [0.2, 0.25) is 5.91 Å². The van der Waals surface area contributed by atoms with Crippen molar-refractivity contribution < 1.29 is 9.53 Å². The number of amides is 1. The van der Waals surface area contributed by atoms with Crippen LogP contribution in [0.25, 0.3) is 0 Å². The zero-order valence-electron chi connectivity index (χ0n) is 14.8. The van der Waals surface area contributed by atoms with Crippen LogP contribution in [0.2, 0.25) is 5.02 Å². The molecule has 1 saturated heterocycles. The van der Waals surface area contributed by atoms with Crippen LogP contribution >= 0.6 is 39.3 Å². The summed E-state index contributed by atoms with van der Waals surface area (Å²) in [4.78, 5) is 14.4. The lowest BCUT2D eigenvalue weighted by atomic mass is 10.1. The number of hydrogen-bond donors (Lipinski definition) is 0. The Bertz CT molecular complexity index is 979. The number of nitrogens with zero attached hydrogens (tertiary/aromatic N) is 1. The molecular weight excluding hydrogens is 458 g/mol. The van der Waals surface area contributed by atoms with E-state index in [-0.39, 0.29) is 11.3 Å². The second kappa shape index (κ2) is 8.60. The van der Waals surface area contributed by atoms with Crippen LogP contribution in [0.5, 0.6) is 5.75 Å². The summed E-state index contributed by atoms with van der Waals surface area (Å²) in [5.41, 5.74) is 2.92. The van der Waals surface area contributed by atoms with Crippen LogP contribution in [-0.2, 0) is 11.4 Å². The molecule has 0 radical (unpaired) electrons. The Hall–Kier alpha value is -1.95. The van der Waals surface area contributed by atoms with E-state index in [2.05, 4.69) is 15.9 Å². The number of carbonyl (C=O) groups is 1. The van der Waals surface area contributed by atoms with E-state index in [1.54, 1.807) is 23.9 Å². The number of anilines is 1. The highest BCUT2D eigenvalue weighted by atomic mass is 79.9. The van der Waals surface area contributed by atoms with E-state index in [9.17, 15) is 4.79 Å². The summed E-state index contributed by atoms with van der Waals surface area (Å²) in [5, 5.41) is 0.521. The van der Waals surface area contributed by atoms with Crippen LogP contribution < -0.4 is 9.64 Å². The Morgan fingerprint density at radius 3 is 2.50 bits per heavy atom. The van der Waals surface area contributed by atoms with Crippen LogP contribution in [0.3, 0.4) is 0 Å². The predicted octanol–water partition coefficient (Wildman–Crippen LogP) is 6.46. The van der Waals surface area contributed by atoms with E-state index >= 15 is 0 Å². The molecule has 28 heavy (non-hydrogen) atoms. The number of halogens is 2. The Morgan fingerprint density at radius 1 is 1.04 bits per heavy atom. The number of ether oxygens (including phenoxy) is 1. The fourth-order valence-corrected chi connectivity index (χ4v) is 4.69. The number of thioether (sulfide) groups is 1. The molecule has 3 aromatic rings. The Balaban J connectivity index is 1.60. The van der Waals surface area contributed by atoms with Gasteiger partial charge in [0.25, 0.3) is 0 Å². The smallest absolute Gasteiger partial charge is 0.238 e. The third kappa shape index (κ3) is 4.22. The molecule has 4 rings (SSSR count). The molecular formula is C22H17BrClNO2S. The highest BCUT2D eigenvalue weighted by Gasteiger charge is 2.35. The number of benzene rings is 3. The van der Waals surface area contributed by atoms with Crippen molar-refractivity contribution in [3.8, 4) is 5.75 Å². The third-order valence-corrected chi connectivity index (χ3v) is 6.44. The van der Waals surface area contributed by atoms with Gasteiger partial charge < -0.3 is 4.74 Å². The molecule has 6 heteroatoms. The van der Waals surface area contributed by atoms with Crippen molar-refractivity contribution in [1.82, 2.24) is 0 Å². The van der Waals surface area contributed by atoms with E-state index in [0.29, 0.717) is 17.4 Å². The molecule has 0 unspecified atom stereocenters. The second-order valence-corrected chi connectivity index (χ2v) is 8.78. The topological polar surface area (TPSA) is 29.5 Å². The molecule has 1 atom stereocenters. The van der Waals surface area contributed by atoms with Crippen molar-refractivity contribution in [3.63, 3.8) is 0 Å². The molecule has 142 valence electrons. The van der Waals surface area contributed by atoms with Crippen molar-refractivity contribution in [2.24, 2.45) is 0 Å². The van der Waals surface area contributed by atoms with Gasteiger partial charge in [0, 0.05) is 20.7 Å². The van der Waals surface area contributed by atoms with E-state index in [1.165, 1.54) is 0 Å². The zero-order valence-corrected chi connectivity index (χ0v) is 18.0. The lowest BCUT2D eigenvalue weighted by Gasteiger charge is -2.26. The minimum atomic E-state index is -0.130. The van der Waals surface area contributed by atoms with Gasteiger partial charge in [0.05, 0.1) is 5.75 Å². The minimum Gasteiger partial charge on any atom is -0.489 e. The highest BCUT2D eigenvalue weighted by Crippen LogP contribution is 2.45. The molecule has 0 spiro atoms. The highest BCUT2D eigenvalue weighted by molar-refractivity contribution is 9.10. The molecule has 1 fully saturated rings. The summed E-state index contributed by atoms with van der Waals surface area (Å²) in [6, 6.07) is 23.3. The van der Waals surface area contributed by atoms with Crippen molar-refractivity contribution in [1.29, 1.82) is 0 Å². The fourth-order valence-electron chi connectivity index (χ4n) is 3.09. The SMILES string of the molecule is O=C1CS[C@H](c2ccccc2OCc2ccc(Br)cc2)N1c1ccc(Cl)cc1. The van der Waals surface area contributed by atoms with Crippen molar-refractivity contribution >= 4 is 50.9 Å². The standard InChI is InChI=1S/C22H17BrClNO2S/c23-16-7-5-15(6-8-16)13-27-20-4-2-1-3-19(20)22-25(21(26)14-28-22)18-11-9-17(24)10-12-18/h1-12,22H,13-14H2/t22-/m1/s1. The Kier molecular flexibility index (Phi) is 5.95. The van der Waals surface area contributed by atoms with Crippen molar-refractivity contribution in [2.75, 3.05) is 10.7 Å². The molecule has 3 nitrogen and oxygen atoms in total. The lowest BCUT2D eigenvalue weighted by Crippen LogP contribution is -2.28. The first-order valence-corrected chi connectivity index (χ1v) is 11.0. The van der Waals surface area contributed by atoms with Crippen LogP contribution in [-0.4, -0.2) is 11.7 Å². The largest absolute Gasteiger partial charge is 0.489 e. The zero-order chi connectivity index (χ0) is 19.5. The van der Waals surface area contributed by atoms with Gasteiger partial charge in [-0.3, -0.25) is 9.69 Å². The quantitative estimate of drug-likeness (QED) is 0.425. The maximum absolute atomic E-state index is 12.6. The van der Waals surface area contributed by atoms with Gasteiger partial charge in [-0.15, -0.1) is 11.8 Å². The Morgan fingerprint density at radius 2 is 1.75 bits per heavy atom. The first-order valence-electron chi connectivity index (χ1n) is 8.77. The van der Waals surface area contributed by atoms with Crippen LogP contribution in [0, 0.1) is 0 Å². The summed E-state index contributed by atoms with van der Waals surface area (Å²) < 4.78 is 7.16. The van der Waals surface area contributed by atoms with Crippen LogP contribution in [0.15, 0.2) is 77.3 Å². The molecule has 1 aliphatic heterocycles. The molecule has 0 bridgehead atoms. The number of para-hydroxylation sites is 1. The van der Waals surface area contributed by atoms with Gasteiger partial charge in [-0.1, -0.05) is 57.9 Å². The van der Waals surface area contributed by atoms with Gasteiger partial charge in [0.15, 0.2) is 0 Å². The van der Waals surface area contributed by atoms with Crippen LogP contribution in [0.1, 0.15) is 16.5 Å². The summed E-state index contributed by atoms with van der Waals surface area (Å²) in [7, 11) is 0. The van der Waals surface area contributed by atoms with E-state index in [4.69, 9.17) is 16.3 Å². The van der Waals surface area contributed by atoms with Crippen LogP contribution in [0.4, 0.5) is 5.69 Å². The molecule has 1 aliphatic rings. The van der Waals surface area contributed by atoms with Gasteiger partial charge >= 0.3 is 0 Å². The normalized spacial score (nSPS) is 16.4. The number of rotatable bonds is 5. The molecule has 0 aromatic heterocycles. The van der Waals surface area contributed by atoms with Crippen molar-refractivity contribution in [2.45, 2.75) is 12.0 Å². The predicted molar refractivity (Wildman–Crippen MR) is 119 cm³/mol. The number of carbonyl (C=O) groups excluding carboxylic acids is 1. The second-order valence-electron chi connectivity index (χ2n) is 6.36. The molecule has 1 amide bonds. The molecule has 0 saturated carbocycles. The first-order chi connectivity index (χ1) is 13.6. The van der Waals surface area contributed by atoms with E-state index in [0.717, 1.165) is 27.0 Å². The first kappa shape index (κ1) is 19.4. The summed E-state index contributed by atoms with van der Waals surface area (Å²) in [6.07, 6.45) is 0. The fraction of sp³-hybridized carbons (Fsp3) is 0.136. The van der Waals surface area contributed by atoms with Gasteiger partial charge in [-0.25, -0.2) is 0 Å².